The van der Waals surface area contributed by atoms with E-state index in [1.54, 1.807) is 7.11 Å². The molecule has 0 aliphatic carbocycles. The molecule has 0 atom stereocenters. The number of nitrogens with one attached hydrogen (secondary N) is 2. The first-order valence-electron chi connectivity index (χ1n) is 6.32. The van der Waals surface area contributed by atoms with Gasteiger partial charge in [0.1, 0.15) is 5.75 Å². The summed E-state index contributed by atoms with van der Waals surface area (Å²) in [6.45, 7) is 2.38. The lowest BCUT2D eigenvalue weighted by molar-refractivity contribution is -0.126. The van der Waals surface area contributed by atoms with Crippen molar-refractivity contribution in [2.75, 3.05) is 13.7 Å². The normalized spacial score (nSPS) is 9.79. The van der Waals surface area contributed by atoms with Gasteiger partial charge in [0, 0.05) is 13.0 Å². The maximum absolute atomic E-state index is 11.5. The molecule has 1 rings (SSSR count). The highest BCUT2D eigenvalue weighted by Crippen LogP contribution is 2.10. The van der Waals surface area contributed by atoms with Gasteiger partial charge in [-0.2, -0.15) is 0 Å². The topological polar surface area (TPSA) is 67.4 Å². The Morgan fingerprint density at radius 1 is 1.11 bits per heavy atom. The quantitative estimate of drug-likeness (QED) is 0.778. The second-order valence-corrected chi connectivity index (χ2v) is 4.15. The Balaban J connectivity index is 2.27. The first-order chi connectivity index (χ1) is 9.15. The summed E-state index contributed by atoms with van der Waals surface area (Å²) in [4.78, 5) is 22.7. The van der Waals surface area contributed by atoms with Crippen LogP contribution in [0.15, 0.2) is 24.3 Å². The van der Waals surface area contributed by atoms with E-state index in [2.05, 4.69) is 10.6 Å². The predicted octanol–water partition coefficient (Wildman–Crippen LogP) is 1.23. The number of carbonyl (C=O) groups is 2. The minimum absolute atomic E-state index is 0.0228. The van der Waals surface area contributed by atoms with Gasteiger partial charge in [0.25, 0.3) is 0 Å². The van der Waals surface area contributed by atoms with Gasteiger partial charge in [-0.15, -0.1) is 0 Å². The van der Waals surface area contributed by atoms with Gasteiger partial charge >= 0.3 is 0 Å². The highest BCUT2D eigenvalue weighted by molar-refractivity contribution is 5.84. The van der Waals surface area contributed by atoms with Crippen LogP contribution in [0.2, 0.25) is 0 Å². The molecule has 2 amide bonds. The monoisotopic (exact) mass is 264 g/mol. The molecule has 0 aromatic heterocycles. The fourth-order valence-electron chi connectivity index (χ4n) is 1.50. The van der Waals surface area contributed by atoms with Crippen LogP contribution in [-0.2, 0) is 16.1 Å². The number of methoxy groups -OCH3 is 1. The van der Waals surface area contributed by atoms with Crippen molar-refractivity contribution in [1.82, 2.24) is 10.6 Å². The van der Waals surface area contributed by atoms with Crippen LogP contribution < -0.4 is 15.4 Å². The van der Waals surface area contributed by atoms with Gasteiger partial charge in [-0.05, 0) is 24.1 Å². The minimum Gasteiger partial charge on any atom is -0.497 e. The van der Waals surface area contributed by atoms with Crippen LogP contribution in [0.5, 0.6) is 5.75 Å². The SMILES string of the molecule is CCCC(=O)NCC(=O)NCc1ccc(OC)cc1. The Labute approximate surface area is 113 Å². The van der Waals surface area contributed by atoms with Crippen molar-refractivity contribution in [2.45, 2.75) is 26.3 Å². The molecule has 1 aromatic carbocycles. The number of hydrogen-bond donors (Lipinski definition) is 2. The van der Waals surface area contributed by atoms with Crippen molar-refractivity contribution in [3.05, 3.63) is 29.8 Å². The van der Waals surface area contributed by atoms with Crippen molar-refractivity contribution in [3.8, 4) is 5.75 Å². The average Bonchev–Trinajstić information content (AvgIpc) is 2.44. The van der Waals surface area contributed by atoms with Crippen LogP contribution in [-0.4, -0.2) is 25.5 Å². The summed E-state index contributed by atoms with van der Waals surface area (Å²) < 4.78 is 5.05. The minimum atomic E-state index is -0.194. The van der Waals surface area contributed by atoms with Gasteiger partial charge in [0.15, 0.2) is 0 Å². The fraction of sp³-hybridized carbons (Fsp3) is 0.429. The second kappa shape index (κ2) is 8.13. The van der Waals surface area contributed by atoms with Crippen LogP contribution in [0, 0.1) is 0 Å². The number of carbonyl (C=O) groups excluding carboxylic acids is 2. The number of amides is 2. The molecule has 0 saturated carbocycles. The Kier molecular flexibility index (Phi) is 6.43. The molecule has 19 heavy (non-hydrogen) atoms. The third-order valence-electron chi connectivity index (χ3n) is 2.57. The van der Waals surface area contributed by atoms with Gasteiger partial charge in [-0.25, -0.2) is 0 Å². The van der Waals surface area contributed by atoms with Crippen LogP contribution in [0.3, 0.4) is 0 Å². The lowest BCUT2D eigenvalue weighted by Gasteiger charge is -2.07. The van der Waals surface area contributed by atoms with Crippen LogP contribution in [0.4, 0.5) is 0 Å². The van der Waals surface area contributed by atoms with E-state index in [-0.39, 0.29) is 18.4 Å². The van der Waals surface area contributed by atoms with Crippen molar-refractivity contribution < 1.29 is 14.3 Å². The summed E-state index contributed by atoms with van der Waals surface area (Å²) in [6, 6.07) is 7.44. The molecular weight excluding hydrogens is 244 g/mol. The maximum Gasteiger partial charge on any atom is 0.239 e. The van der Waals surface area contributed by atoms with Crippen molar-refractivity contribution in [2.24, 2.45) is 0 Å². The highest BCUT2D eigenvalue weighted by Gasteiger charge is 2.04. The molecule has 0 aliphatic rings. The zero-order valence-electron chi connectivity index (χ0n) is 11.4. The van der Waals surface area contributed by atoms with Crippen molar-refractivity contribution in [3.63, 3.8) is 0 Å². The third kappa shape index (κ3) is 5.90. The van der Waals surface area contributed by atoms with E-state index >= 15 is 0 Å². The Morgan fingerprint density at radius 2 is 1.79 bits per heavy atom. The lowest BCUT2D eigenvalue weighted by Crippen LogP contribution is -2.36. The predicted molar refractivity (Wildman–Crippen MR) is 72.8 cm³/mol. The molecule has 0 bridgehead atoms. The third-order valence-corrected chi connectivity index (χ3v) is 2.57. The Bertz CT molecular complexity index is 415. The molecule has 0 aliphatic heterocycles. The highest BCUT2D eigenvalue weighted by atomic mass is 16.5. The van der Waals surface area contributed by atoms with E-state index in [4.69, 9.17) is 4.74 Å². The summed E-state index contributed by atoms with van der Waals surface area (Å²) in [7, 11) is 1.61. The molecule has 0 fully saturated rings. The summed E-state index contributed by atoms with van der Waals surface area (Å²) in [5.74, 6) is 0.490. The van der Waals surface area contributed by atoms with E-state index < -0.39 is 0 Å². The fourth-order valence-corrected chi connectivity index (χ4v) is 1.50. The van der Waals surface area contributed by atoms with Gasteiger partial charge in [0.2, 0.25) is 11.8 Å². The van der Waals surface area contributed by atoms with Crippen LogP contribution >= 0.6 is 0 Å². The maximum atomic E-state index is 11.5. The van der Waals surface area contributed by atoms with Crippen LogP contribution in [0.25, 0.3) is 0 Å². The molecule has 5 heteroatoms. The first kappa shape index (κ1) is 15.0. The van der Waals surface area contributed by atoms with Gasteiger partial charge in [-0.3, -0.25) is 9.59 Å². The van der Waals surface area contributed by atoms with Crippen molar-refractivity contribution >= 4 is 11.8 Å². The largest absolute Gasteiger partial charge is 0.497 e. The zero-order valence-corrected chi connectivity index (χ0v) is 11.4. The zero-order chi connectivity index (χ0) is 14.1. The molecule has 5 nitrogen and oxygen atoms in total. The van der Waals surface area contributed by atoms with Gasteiger partial charge < -0.3 is 15.4 Å². The second-order valence-electron chi connectivity index (χ2n) is 4.15. The molecular formula is C14H20N2O3. The summed E-state index contributed by atoms with van der Waals surface area (Å²) in [6.07, 6.45) is 1.23. The molecule has 2 N–H and O–H groups in total. The van der Waals surface area contributed by atoms with E-state index in [1.165, 1.54) is 0 Å². The number of ether oxygens (including phenoxy) is 1. The molecule has 0 heterocycles. The Hall–Kier alpha value is -2.04. The molecule has 0 spiro atoms. The van der Waals surface area contributed by atoms with Crippen LogP contribution in [0.1, 0.15) is 25.3 Å². The molecule has 0 unspecified atom stereocenters. The Morgan fingerprint density at radius 3 is 2.37 bits per heavy atom. The van der Waals surface area contributed by atoms with E-state index in [1.807, 2.05) is 31.2 Å². The van der Waals surface area contributed by atoms with Crippen molar-refractivity contribution in [1.29, 1.82) is 0 Å². The number of rotatable bonds is 7. The van der Waals surface area contributed by atoms with E-state index in [9.17, 15) is 9.59 Å². The molecule has 104 valence electrons. The molecule has 0 saturated heterocycles. The smallest absolute Gasteiger partial charge is 0.239 e. The molecule has 0 radical (unpaired) electrons. The summed E-state index contributed by atoms with van der Waals surface area (Å²) in [5.41, 5.74) is 0.981. The summed E-state index contributed by atoms with van der Waals surface area (Å²) >= 11 is 0. The number of benzene rings is 1. The summed E-state index contributed by atoms with van der Waals surface area (Å²) in [5, 5.41) is 5.31. The van der Waals surface area contributed by atoms with E-state index in [0.29, 0.717) is 13.0 Å². The van der Waals surface area contributed by atoms with E-state index in [0.717, 1.165) is 17.7 Å². The average molecular weight is 264 g/mol. The lowest BCUT2D eigenvalue weighted by atomic mass is 10.2. The molecule has 1 aromatic rings. The van der Waals surface area contributed by atoms with Gasteiger partial charge in [0.05, 0.1) is 13.7 Å². The standard InChI is InChI=1S/C14H20N2O3/c1-3-4-13(17)16-10-14(18)15-9-11-5-7-12(19-2)8-6-11/h5-8H,3-4,9-10H2,1-2H3,(H,15,18)(H,16,17). The first-order valence-corrected chi connectivity index (χ1v) is 6.32. The number of hydrogen-bond acceptors (Lipinski definition) is 3. The van der Waals surface area contributed by atoms with Gasteiger partial charge in [-0.1, -0.05) is 19.1 Å².